The number of alkyl halides is 3. The summed E-state index contributed by atoms with van der Waals surface area (Å²) in [5, 5.41) is 0. The van der Waals surface area contributed by atoms with Gasteiger partial charge in [0, 0.05) is 10.0 Å². The zero-order chi connectivity index (χ0) is 14.3. The molecule has 0 aromatic heterocycles. The highest BCUT2D eigenvalue weighted by atomic mass is 79.9. The van der Waals surface area contributed by atoms with Crippen LogP contribution < -0.4 is 0 Å². The highest BCUT2D eigenvalue weighted by Gasteiger charge is 2.42. The average Bonchev–Trinajstić information content (AvgIpc) is 2.75. The number of hydrogen-bond acceptors (Lipinski definition) is 2. The maximum atomic E-state index is 13.0. The van der Waals surface area contributed by atoms with Crippen molar-refractivity contribution in [3.63, 3.8) is 0 Å². The Labute approximate surface area is 122 Å². The summed E-state index contributed by atoms with van der Waals surface area (Å²) in [6, 6.07) is 3.71. The van der Waals surface area contributed by atoms with E-state index in [1.54, 1.807) is 6.92 Å². The Morgan fingerprint density at radius 3 is 2.63 bits per heavy atom. The number of ketones is 1. The van der Waals surface area contributed by atoms with Crippen LogP contribution in [0.15, 0.2) is 22.7 Å². The van der Waals surface area contributed by atoms with E-state index in [-0.39, 0.29) is 5.56 Å². The fraction of sp³-hybridized carbons (Fsp3) is 0.462. The first-order chi connectivity index (χ1) is 8.74. The predicted molar refractivity (Wildman–Crippen MR) is 73.6 cm³/mol. The second-order valence-corrected chi connectivity index (χ2v) is 7.21. The minimum Gasteiger partial charge on any atom is -0.293 e. The summed E-state index contributed by atoms with van der Waals surface area (Å²) in [6.07, 6.45) is -3.02. The molecule has 0 amide bonds. The Balaban J connectivity index is 2.48. The molecule has 1 saturated heterocycles. The van der Waals surface area contributed by atoms with Gasteiger partial charge in [0.05, 0.1) is 10.3 Å². The van der Waals surface area contributed by atoms with Crippen molar-refractivity contribution in [1.29, 1.82) is 0 Å². The first-order valence-electron chi connectivity index (χ1n) is 5.79. The molecule has 104 valence electrons. The quantitative estimate of drug-likeness (QED) is 0.701. The van der Waals surface area contributed by atoms with Gasteiger partial charge in [0.25, 0.3) is 0 Å². The summed E-state index contributed by atoms with van der Waals surface area (Å²) < 4.78 is 38.7. The van der Waals surface area contributed by atoms with Gasteiger partial charge in [-0.1, -0.05) is 15.9 Å². The lowest BCUT2D eigenvalue weighted by molar-refractivity contribution is -0.138. The van der Waals surface area contributed by atoms with Crippen molar-refractivity contribution < 1.29 is 18.0 Å². The van der Waals surface area contributed by atoms with E-state index in [2.05, 4.69) is 15.9 Å². The molecule has 0 radical (unpaired) electrons. The third kappa shape index (κ3) is 2.99. The molecule has 1 fully saturated rings. The van der Waals surface area contributed by atoms with Crippen molar-refractivity contribution in [3.8, 4) is 0 Å². The Morgan fingerprint density at radius 2 is 2.11 bits per heavy atom. The van der Waals surface area contributed by atoms with E-state index in [0.717, 1.165) is 18.2 Å². The van der Waals surface area contributed by atoms with Crippen LogP contribution in [0.1, 0.15) is 35.7 Å². The molecule has 0 saturated carbocycles. The molecular weight excluding hydrogens is 341 g/mol. The van der Waals surface area contributed by atoms with E-state index in [4.69, 9.17) is 0 Å². The van der Waals surface area contributed by atoms with Crippen LogP contribution in [0.2, 0.25) is 0 Å². The number of rotatable bonds is 2. The van der Waals surface area contributed by atoms with Gasteiger partial charge in [-0.15, -0.1) is 11.8 Å². The van der Waals surface area contributed by atoms with E-state index in [9.17, 15) is 18.0 Å². The number of benzene rings is 1. The van der Waals surface area contributed by atoms with Crippen molar-refractivity contribution in [1.82, 2.24) is 0 Å². The minimum atomic E-state index is -4.52. The smallest absolute Gasteiger partial charge is 0.293 e. The van der Waals surface area contributed by atoms with Gasteiger partial charge in [-0.05, 0) is 43.7 Å². The van der Waals surface area contributed by atoms with Gasteiger partial charge in [-0.2, -0.15) is 13.2 Å². The molecule has 6 heteroatoms. The van der Waals surface area contributed by atoms with Crippen molar-refractivity contribution in [2.24, 2.45) is 0 Å². The molecule has 0 aliphatic carbocycles. The van der Waals surface area contributed by atoms with Gasteiger partial charge < -0.3 is 0 Å². The molecule has 1 aliphatic heterocycles. The van der Waals surface area contributed by atoms with E-state index in [1.165, 1.54) is 23.9 Å². The zero-order valence-electron chi connectivity index (χ0n) is 10.2. The number of carbonyl (C=O) groups excluding carboxylic acids is 1. The summed E-state index contributed by atoms with van der Waals surface area (Å²) in [4.78, 5) is 12.4. The first-order valence-corrected chi connectivity index (χ1v) is 7.57. The van der Waals surface area contributed by atoms with Crippen molar-refractivity contribution >= 4 is 33.5 Å². The van der Waals surface area contributed by atoms with Crippen molar-refractivity contribution in [2.75, 3.05) is 5.75 Å². The molecule has 0 bridgehead atoms. The third-order valence-corrected chi connectivity index (χ3v) is 5.24. The normalized spacial score (nSPS) is 23.6. The van der Waals surface area contributed by atoms with Crippen LogP contribution in [-0.2, 0) is 6.18 Å². The molecule has 2 rings (SSSR count). The number of halogens is 4. The fourth-order valence-electron chi connectivity index (χ4n) is 2.19. The molecule has 1 aromatic rings. The number of carbonyl (C=O) groups is 1. The number of thioether (sulfide) groups is 1. The molecule has 1 aliphatic rings. The van der Waals surface area contributed by atoms with E-state index in [0.29, 0.717) is 10.9 Å². The van der Waals surface area contributed by atoms with E-state index < -0.39 is 22.3 Å². The number of Topliss-reactive ketones (excluding diaryl/α,β-unsaturated/α-hetero) is 1. The molecule has 1 atom stereocenters. The van der Waals surface area contributed by atoms with Crippen LogP contribution in [0, 0.1) is 0 Å². The second kappa shape index (κ2) is 5.13. The molecule has 1 unspecified atom stereocenters. The van der Waals surface area contributed by atoms with Gasteiger partial charge >= 0.3 is 6.18 Å². The summed E-state index contributed by atoms with van der Waals surface area (Å²) in [5.74, 6) is 0.398. The molecule has 0 spiro atoms. The Morgan fingerprint density at radius 1 is 1.42 bits per heavy atom. The maximum absolute atomic E-state index is 13.0. The third-order valence-electron chi connectivity index (χ3n) is 3.23. The van der Waals surface area contributed by atoms with Gasteiger partial charge in [-0.3, -0.25) is 4.79 Å². The molecule has 1 aromatic carbocycles. The minimum absolute atomic E-state index is 0.229. The van der Waals surface area contributed by atoms with Crippen LogP contribution in [0.5, 0.6) is 0 Å². The van der Waals surface area contributed by atoms with Gasteiger partial charge in [-0.25, -0.2) is 0 Å². The second-order valence-electron chi connectivity index (χ2n) is 4.70. The van der Waals surface area contributed by atoms with Gasteiger partial charge in [0.1, 0.15) is 0 Å². The monoisotopic (exact) mass is 352 g/mol. The Bertz CT molecular complexity index is 507. The number of hydrogen-bond donors (Lipinski definition) is 0. The van der Waals surface area contributed by atoms with Gasteiger partial charge in [0.15, 0.2) is 5.78 Å². The lowest BCUT2D eigenvalue weighted by Crippen LogP contribution is -2.30. The Hall–Kier alpha value is -0.490. The fourth-order valence-corrected chi connectivity index (χ4v) is 3.82. The summed E-state index contributed by atoms with van der Waals surface area (Å²) in [6.45, 7) is 1.73. The van der Waals surface area contributed by atoms with Crippen LogP contribution in [0.25, 0.3) is 0 Å². The average molecular weight is 353 g/mol. The molecule has 1 nitrogen and oxygen atoms in total. The zero-order valence-corrected chi connectivity index (χ0v) is 12.6. The SMILES string of the molecule is CC1(C(=O)c2ccc(Br)cc2C(F)(F)F)CCCS1. The lowest BCUT2D eigenvalue weighted by atomic mass is 9.91. The lowest BCUT2D eigenvalue weighted by Gasteiger charge is -2.23. The molecular formula is C13H12BrF3OS. The largest absolute Gasteiger partial charge is 0.417 e. The van der Waals surface area contributed by atoms with Crippen molar-refractivity contribution in [3.05, 3.63) is 33.8 Å². The van der Waals surface area contributed by atoms with Crippen molar-refractivity contribution in [2.45, 2.75) is 30.7 Å². The molecule has 1 heterocycles. The standard InChI is InChI=1S/C13H12BrF3OS/c1-12(5-2-6-19-12)11(18)9-4-3-8(14)7-10(9)13(15,16)17/h3-4,7H,2,5-6H2,1H3. The van der Waals surface area contributed by atoms with Gasteiger partial charge in [0.2, 0.25) is 0 Å². The summed E-state index contributed by atoms with van der Waals surface area (Å²) in [7, 11) is 0. The predicted octanol–water partition coefficient (Wildman–Crippen LogP) is 4.94. The topological polar surface area (TPSA) is 17.1 Å². The highest BCUT2D eigenvalue weighted by Crippen LogP contribution is 2.43. The highest BCUT2D eigenvalue weighted by molar-refractivity contribution is 9.10. The van der Waals surface area contributed by atoms with E-state index in [1.807, 2.05) is 0 Å². The van der Waals surface area contributed by atoms with Crippen LogP contribution in [-0.4, -0.2) is 16.3 Å². The van der Waals surface area contributed by atoms with Crippen LogP contribution in [0.3, 0.4) is 0 Å². The maximum Gasteiger partial charge on any atom is 0.417 e. The van der Waals surface area contributed by atoms with Crippen LogP contribution in [0.4, 0.5) is 13.2 Å². The van der Waals surface area contributed by atoms with E-state index >= 15 is 0 Å². The summed E-state index contributed by atoms with van der Waals surface area (Å²) in [5.41, 5.74) is -1.09. The summed E-state index contributed by atoms with van der Waals surface area (Å²) >= 11 is 4.46. The molecule has 19 heavy (non-hydrogen) atoms. The van der Waals surface area contributed by atoms with Crippen LogP contribution >= 0.6 is 27.7 Å². The Kier molecular flexibility index (Phi) is 4.02. The molecule has 0 N–H and O–H groups in total. The first kappa shape index (κ1) is 14.9.